The van der Waals surface area contributed by atoms with Crippen LogP contribution in [-0.2, 0) is 5.60 Å². The van der Waals surface area contributed by atoms with Crippen LogP contribution in [0.15, 0.2) is 41.8 Å². The van der Waals surface area contributed by atoms with Crippen molar-refractivity contribution in [1.29, 1.82) is 0 Å². The number of urea groups is 1. The standard InChI is InChI=1S/C14H15FN2O2S/c1-14(19,12-3-2-8-20-12)9-16-13(18)17-11-6-4-10(15)5-7-11/h2-8,19H,9H2,1H3,(H2,16,17,18)/t14-/m1/s1. The Balaban J connectivity index is 1.88. The smallest absolute Gasteiger partial charge is 0.319 e. The predicted octanol–water partition coefficient (Wildman–Crippen LogP) is 2.92. The van der Waals surface area contributed by atoms with E-state index in [0.29, 0.717) is 5.69 Å². The quantitative estimate of drug-likeness (QED) is 0.812. The van der Waals surface area contributed by atoms with E-state index in [1.54, 1.807) is 6.92 Å². The van der Waals surface area contributed by atoms with Crippen LogP contribution in [0.25, 0.3) is 0 Å². The van der Waals surface area contributed by atoms with Gasteiger partial charge < -0.3 is 15.7 Å². The maximum Gasteiger partial charge on any atom is 0.319 e. The topological polar surface area (TPSA) is 61.4 Å². The molecule has 0 aliphatic heterocycles. The minimum absolute atomic E-state index is 0.0839. The Morgan fingerprint density at radius 3 is 2.65 bits per heavy atom. The summed E-state index contributed by atoms with van der Waals surface area (Å²) < 4.78 is 12.7. The van der Waals surface area contributed by atoms with E-state index in [-0.39, 0.29) is 12.4 Å². The molecule has 0 unspecified atom stereocenters. The average molecular weight is 294 g/mol. The zero-order valence-corrected chi connectivity index (χ0v) is 11.7. The fourth-order valence-electron chi connectivity index (χ4n) is 1.63. The van der Waals surface area contributed by atoms with Crippen molar-refractivity contribution < 1.29 is 14.3 Å². The molecule has 0 spiro atoms. The summed E-state index contributed by atoms with van der Waals surface area (Å²) in [5, 5.41) is 17.3. The van der Waals surface area contributed by atoms with Gasteiger partial charge in [0.05, 0.1) is 6.54 Å². The molecule has 0 aliphatic carbocycles. The molecule has 0 saturated carbocycles. The number of hydrogen-bond acceptors (Lipinski definition) is 3. The summed E-state index contributed by atoms with van der Waals surface area (Å²) in [4.78, 5) is 12.5. The van der Waals surface area contributed by atoms with Gasteiger partial charge in [-0.1, -0.05) is 6.07 Å². The molecule has 3 N–H and O–H groups in total. The lowest BCUT2D eigenvalue weighted by Gasteiger charge is -2.22. The number of amides is 2. The van der Waals surface area contributed by atoms with Gasteiger partial charge >= 0.3 is 6.03 Å². The number of halogens is 1. The summed E-state index contributed by atoms with van der Waals surface area (Å²) in [6.45, 7) is 1.72. The Labute approximate surface area is 120 Å². The monoisotopic (exact) mass is 294 g/mol. The fraction of sp³-hybridized carbons (Fsp3) is 0.214. The summed E-state index contributed by atoms with van der Waals surface area (Å²) in [6, 6.07) is 8.65. The molecule has 1 aromatic heterocycles. The van der Waals surface area contributed by atoms with Crippen molar-refractivity contribution in [2.24, 2.45) is 0 Å². The molecule has 1 atom stereocenters. The van der Waals surface area contributed by atoms with Gasteiger partial charge in [0.2, 0.25) is 0 Å². The first kappa shape index (κ1) is 14.5. The molecule has 0 fully saturated rings. The highest BCUT2D eigenvalue weighted by molar-refractivity contribution is 7.10. The van der Waals surface area contributed by atoms with Gasteiger partial charge in [0, 0.05) is 10.6 Å². The number of hydrogen-bond donors (Lipinski definition) is 3. The minimum atomic E-state index is -1.12. The third-order valence-electron chi connectivity index (χ3n) is 2.75. The van der Waals surface area contributed by atoms with Crippen LogP contribution in [0.2, 0.25) is 0 Å². The van der Waals surface area contributed by atoms with Crippen LogP contribution < -0.4 is 10.6 Å². The number of rotatable bonds is 4. The van der Waals surface area contributed by atoms with Gasteiger partial charge in [-0.3, -0.25) is 0 Å². The van der Waals surface area contributed by atoms with Crippen molar-refractivity contribution in [3.63, 3.8) is 0 Å². The lowest BCUT2D eigenvalue weighted by molar-refractivity contribution is 0.0637. The second-order valence-electron chi connectivity index (χ2n) is 4.57. The van der Waals surface area contributed by atoms with Crippen LogP contribution in [0.3, 0.4) is 0 Å². The maximum absolute atomic E-state index is 12.7. The van der Waals surface area contributed by atoms with E-state index < -0.39 is 11.6 Å². The van der Waals surface area contributed by atoms with Gasteiger partial charge in [0.15, 0.2) is 0 Å². The molecule has 20 heavy (non-hydrogen) atoms. The molecule has 0 radical (unpaired) electrons. The number of benzene rings is 1. The van der Waals surface area contributed by atoms with Gasteiger partial charge in [0.25, 0.3) is 0 Å². The second-order valence-corrected chi connectivity index (χ2v) is 5.51. The van der Waals surface area contributed by atoms with Crippen LogP contribution in [0.1, 0.15) is 11.8 Å². The van der Waals surface area contributed by atoms with E-state index in [4.69, 9.17) is 0 Å². The van der Waals surface area contributed by atoms with Crippen molar-refractivity contribution >= 4 is 23.1 Å². The highest BCUT2D eigenvalue weighted by Crippen LogP contribution is 2.24. The van der Waals surface area contributed by atoms with Crippen molar-refractivity contribution in [3.05, 3.63) is 52.5 Å². The summed E-state index contributed by atoms with van der Waals surface area (Å²) >= 11 is 1.42. The largest absolute Gasteiger partial charge is 0.383 e. The van der Waals surface area contributed by atoms with Gasteiger partial charge in [-0.25, -0.2) is 9.18 Å². The lowest BCUT2D eigenvalue weighted by Crippen LogP contribution is -2.40. The number of anilines is 1. The SMILES string of the molecule is C[C@@](O)(CNC(=O)Nc1ccc(F)cc1)c1cccs1. The number of nitrogens with one attached hydrogen (secondary N) is 2. The van der Waals surface area contributed by atoms with E-state index in [1.165, 1.54) is 35.6 Å². The summed E-state index contributed by atoms with van der Waals surface area (Å²) in [5.74, 6) is -0.364. The molecule has 2 rings (SSSR count). The molecule has 2 aromatic rings. The fourth-order valence-corrected chi connectivity index (χ4v) is 2.42. The van der Waals surface area contributed by atoms with E-state index >= 15 is 0 Å². The Morgan fingerprint density at radius 1 is 1.35 bits per heavy atom. The van der Waals surface area contributed by atoms with E-state index in [1.807, 2.05) is 17.5 Å². The van der Waals surface area contributed by atoms with Crippen molar-refractivity contribution in [3.8, 4) is 0 Å². The van der Waals surface area contributed by atoms with Crippen molar-refractivity contribution in [1.82, 2.24) is 5.32 Å². The zero-order chi connectivity index (χ0) is 14.6. The first-order valence-electron chi connectivity index (χ1n) is 6.04. The predicted molar refractivity (Wildman–Crippen MR) is 77.3 cm³/mol. The summed E-state index contributed by atoms with van der Waals surface area (Å²) in [7, 11) is 0. The molecule has 1 heterocycles. The van der Waals surface area contributed by atoms with Crippen LogP contribution in [0.4, 0.5) is 14.9 Å². The van der Waals surface area contributed by atoms with Crippen molar-refractivity contribution in [2.45, 2.75) is 12.5 Å². The number of carbonyl (C=O) groups is 1. The van der Waals surface area contributed by atoms with Crippen LogP contribution >= 0.6 is 11.3 Å². The highest BCUT2D eigenvalue weighted by Gasteiger charge is 2.24. The maximum atomic E-state index is 12.7. The molecular weight excluding hydrogens is 279 g/mol. The minimum Gasteiger partial charge on any atom is -0.383 e. The Kier molecular flexibility index (Phi) is 4.36. The van der Waals surface area contributed by atoms with Crippen LogP contribution in [-0.4, -0.2) is 17.7 Å². The summed E-state index contributed by atoms with van der Waals surface area (Å²) in [5.41, 5.74) is -0.631. The van der Waals surface area contributed by atoms with Gasteiger partial charge in [-0.05, 0) is 42.6 Å². The second kappa shape index (κ2) is 6.02. The third kappa shape index (κ3) is 3.79. The van der Waals surface area contributed by atoms with Gasteiger partial charge in [-0.15, -0.1) is 11.3 Å². The van der Waals surface area contributed by atoms with E-state index in [2.05, 4.69) is 10.6 Å². The molecule has 1 aromatic carbocycles. The number of thiophene rings is 1. The van der Waals surface area contributed by atoms with E-state index in [9.17, 15) is 14.3 Å². The normalized spacial score (nSPS) is 13.6. The molecule has 2 amide bonds. The molecule has 0 bridgehead atoms. The number of aliphatic hydroxyl groups is 1. The highest BCUT2D eigenvalue weighted by atomic mass is 32.1. The van der Waals surface area contributed by atoms with Crippen LogP contribution in [0.5, 0.6) is 0 Å². The Hall–Kier alpha value is -1.92. The Bertz CT molecular complexity index is 567. The third-order valence-corrected chi connectivity index (χ3v) is 3.87. The average Bonchev–Trinajstić information content (AvgIpc) is 2.94. The van der Waals surface area contributed by atoms with E-state index in [0.717, 1.165) is 4.88 Å². The van der Waals surface area contributed by atoms with Crippen molar-refractivity contribution in [2.75, 3.05) is 11.9 Å². The number of carbonyl (C=O) groups excluding carboxylic acids is 1. The molecule has 0 saturated heterocycles. The molecule has 4 nitrogen and oxygen atoms in total. The first-order chi connectivity index (χ1) is 9.47. The lowest BCUT2D eigenvalue weighted by atomic mass is 10.1. The zero-order valence-electron chi connectivity index (χ0n) is 10.9. The molecular formula is C14H15FN2O2S. The summed E-state index contributed by atoms with van der Waals surface area (Å²) in [6.07, 6.45) is 0. The van der Waals surface area contributed by atoms with Crippen LogP contribution in [0, 0.1) is 5.82 Å². The molecule has 0 aliphatic rings. The molecule has 106 valence electrons. The first-order valence-corrected chi connectivity index (χ1v) is 6.92. The van der Waals surface area contributed by atoms with Gasteiger partial charge in [-0.2, -0.15) is 0 Å². The molecule has 6 heteroatoms. The van der Waals surface area contributed by atoms with Gasteiger partial charge in [0.1, 0.15) is 11.4 Å². The Morgan fingerprint density at radius 2 is 2.05 bits per heavy atom.